The molecule has 0 aliphatic carbocycles. The molecule has 20 heavy (non-hydrogen) atoms. The fourth-order valence-corrected chi connectivity index (χ4v) is 4.13. The molecule has 0 amide bonds. The number of anilines is 1. The van der Waals surface area contributed by atoms with Crippen LogP contribution in [0.25, 0.3) is 0 Å². The van der Waals surface area contributed by atoms with Gasteiger partial charge in [-0.2, -0.15) is 5.10 Å². The molecule has 9 heteroatoms. The Morgan fingerprint density at radius 2 is 2.30 bits per heavy atom. The highest BCUT2D eigenvalue weighted by molar-refractivity contribution is 7.92. The summed E-state index contributed by atoms with van der Waals surface area (Å²) in [5, 5.41) is 15.0. The second kappa shape index (κ2) is 6.11. The van der Waals surface area contributed by atoms with E-state index in [4.69, 9.17) is 16.7 Å². The van der Waals surface area contributed by atoms with Crippen molar-refractivity contribution in [2.75, 3.05) is 24.2 Å². The third-order valence-electron chi connectivity index (χ3n) is 3.28. The number of sulfone groups is 1. The first-order valence-corrected chi connectivity index (χ1v) is 8.37. The summed E-state index contributed by atoms with van der Waals surface area (Å²) in [4.78, 5) is 11.8. The lowest BCUT2D eigenvalue weighted by atomic mass is 10.2. The SMILES string of the molecule is O=c1c(Cl)c(NCC2CCCS2(=O)=O)cnn1CCO. The molecule has 7 nitrogen and oxygen atoms in total. The first-order valence-electron chi connectivity index (χ1n) is 6.27. The molecular formula is C11H16ClN3O4S. The minimum atomic E-state index is -3.04. The fourth-order valence-electron chi connectivity index (χ4n) is 2.15. The molecule has 1 aliphatic heterocycles. The average Bonchev–Trinajstić information content (AvgIpc) is 2.73. The molecule has 2 rings (SSSR count). The maximum atomic E-state index is 11.8. The molecule has 2 heterocycles. The highest BCUT2D eigenvalue weighted by Crippen LogP contribution is 2.22. The predicted molar refractivity (Wildman–Crippen MR) is 75.9 cm³/mol. The topological polar surface area (TPSA) is 101 Å². The van der Waals surface area contributed by atoms with E-state index < -0.39 is 20.6 Å². The number of aliphatic hydroxyl groups is 1. The minimum Gasteiger partial charge on any atom is -0.394 e. The Hall–Kier alpha value is -1.12. The molecule has 1 fully saturated rings. The highest BCUT2D eigenvalue weighted by atomic mass is 35.5. The van der Waals surface area contributed by atoms with Gasteiger partial charge in [-0.15, -0.1) is 0 Å². The summed E-state index contributed by atoms with van der Waals surface area (Å²) < 4.78 is 24.4. The number of nitrogens with zero attached hydrogens (tertiary/aromatic N) is 2. The summed E-state index contributed by atoms with van der Waals surface area (Å²) in [6.45, 7) is 0.0688. The average molecular weight is 322 g/mol. The standard InChI is InChI=1S/C11H16ClN3O4S/c12-10-9(7-14-15(3-4-16)11(10)17)13-6-8-2-1-5-20(8,18)19/h7-8,13,16H,1-6H2. The zero-order chi connectivity index (χ0) is 14.8. The van der Waals surface area contributed by atoms with Gasteiger partial charge in [0.05, 0.1) is 36.0 Å². The van der Waals surface area contributed by atoms with Gasteiger partial charge in [-0.25, -0.2) is 13.1 Å². The van der Waals surface area contributed by atoms with E-state index in [0.29, 0.717) is 18.5 Å². The van der Waals surface area contributed by atoms with Crippen LogP contribution in [0.5, 0.6) is 0 Å². The van der Waals surface area contributed by atoms with Crippen molar-refractivity contribution >= 4 is 27.1 Å². The van der Waals surface area contributed by atoms with Crippen LogP contribution in [0, 0.1) is 0 Å². The summed E-state index contributed by atoms with van der Waals surface area (Å²) in [6, 6.07) is 0. The van der Waals surface area contributed by atoms with Gasteiger partial charge in [0.15, 0.2) is 9.84 Å². The van der Waals surface area contributed by atoms with Crippen molar-refractivity contribution in [1.82, 2.24) is 9.78 Å². The summed E-state index contributed by atoms with van der Waals surface area (Å²) >= 11 is 5.92. The molecule has 1 aromatic heterocycles. The number of aliphatic hydroxyl groups excluding tert-OH is 1. The van der Waals surface area contributed by atoms with Crippen LogP contribution >= 0.6 is 11.6 Å². The number of nitrogens with one attached hydrogen (secondary N) is 1. The van der Waals surface area contributed by atoms with Crippen molar-refractivity contribution in [3.63, 3.8) is 0 Å². The van der Waals surface area contributed by atoms with Gasteiger partial charge in [0.25, 0.3) is 5.56 Å². The third-order valence-corrected chi connectivity index (χ3v) is 5.92. The molecule has 2 N–H and O–H groups in total. The van der Waals surface area contributed by atoms with Gasteiger partial charge in [-0.05, 0) is 12.8 Å². The fraction of sp³-hybridized carbons (Fsp3) is 0.636. The van der Waals surface area contributed by atoms with Crippen LogP contribution in [0.15, 0.2) is 11.0 Å². The number of hydrogen-bond donors (Lipinski definition) is 2. The van der Waals surface area contributed by atoms with Gasteiger partial charge in [-0.3, -0.25) is 4.79 Å². The van der Waals surface area contributed by atoms with Gasteiger partial charge in [0.1, 0.15) is 5.02 Å². The van der Waals surface area contributed by atoms with Crippen LogP contribution in [0.2, 0.25) is 5.02 Å². The van der Waals surface area contributed by atoms with E-state index in [0.717, 1.165) is 4.68 Å². The van der Waals surface area contributed by atoms with E-state index in [1.54, 1.807) is 0 Å². The van der Waals surface area contributed by atoms with E-state index in [9.17, 15) is 13.2 Å². The Morgan fingerprint density at radius 3 is 2.90 bits per heavy atom. The van der Waals surface area contributed by atoms with E-state index in [-0.39, 0.29) is 30.5 Å². The van der Waals surface area contributed by atoms with Crippen molar-refractivity contribution < 1.29 is 13.5 Å². The van der Waals surface area contributed by atoms with E-state index >= 15 is 0 Å². The second-order valence-electron chi connectivity index (χ2n) is 4.64. The summed E-state index contributed by atoms with van der Waals surface area (Å²) in [6.07, 6.45) is 2.64. The smallest absolute Gasteiger partial charge is 0.287 e. The predicted octanol–water partition coefficient (Wildman–Crippen LogP) is -0.122. The van der Waals surface area contributed by atoms with Gasteiger partial charge in [0.2, 0.25) is 0 Å². The summed E-state index contributed by atoms with van der Waals surface area (Å²) in [7, 11) is -3.04. The Bertz CT molecular complexity index is 644. The molecule has 1 unspecified atom stereocenters. The largest absolute Gasteiger partial charge is 0.394 e. The van der Waals surface area contributed by atoms with Crippen molar-refractivity contribution in [2.24, 2.45) is 0 Å². The molecule has 1 aromatic rings. The second-order valence-corrected chi connectivity index (χ2v) is 7.41. The van der Waals surface area contributed by atoms with Gasteiger partial charge < -0.3 is 10.4 Å². The Balaban J connectivity index is 2.11. The maximum absolute atomic E-state index is 11.8. The molecule has 0 saturated carbocycles. The van der Waals surface area contributed by atoms with Gasteiger partial charge >= 0.3 is 0 Å². The maximum Gasteiger partial charge on any atom is 0.287 e. The molecule has 1 atom stereocenters. The minimum absolute atomic E-state index is 0.0520. The quantitative estimate of drug-likeness (QED) is 0.784. The highest BCUT2D eigenvalue weighted by Gasteiger charge is 2.31. The first-order chi connectivity index (χ1) is 9.45. The molecule has 1 saturated heterocycles. The zero-order valence-electron chi connectivity index (χ0n) is 10.7. The Kier molecular flexibility index (Phi) is 4.66. The van der Waals surface area contributed by atoms with Crippen molar-refractivity contribution in [3.05, 3.63) is 21.6 Å². The number of aromatic nitrogens is 2. The molecule has 0 spiro atoms. The van der Waals surface area contributed by atoms with Crippen LogP contribution in [0.3, 0.4) is 0 Å². The molecular weight excluding hydrogens is 306 g/mol. The van der Waals surface area contributed by atoms with Crippen molar-refractivity contribution in [2.45, 2.75) is 24.6 Å². The third kappa shape index (κ3) is 3.13. The van der Waals surface area contributed by atoms with E-state index in [2.05, 4.69) is 10.4 Å². The van der Waals surface area contributed by atoms with Crippen LogP contribution in [-0.4, -0.2) is 47.5 Å². The molecule has 112 valence electrons. The first kappa shape index (κ1) is 15.3. The van der Waals surface area contributed by atoms with E-state index in [1.165, 1.54) is 6.20 Å². The van der Waals surface area contributed by atoms with Crippen molar-refractivity contribution in [1.29, 1.82) is 0 Å². The summed E-state index contributed by atoms with van der Waals surface area (Å²) in [5.41, 5.74) is -0.201. The monoisotopic (exact) mass is 321 g/mol. The number of halogens is 1. The van der Waals surface area contributed by atoms with Crippen LogP contribution in [-0.2, 0) is 16.4 Å². The van der Waals surface area contributed by atoms with Gasteiger partial charge in [-0.1, -0.05) is 11.6 Å². The van der Waals surface area contributed by atoms with Gasteiger partial charge in [0, 0.05) is 6.54 Å². The molecule has 1 aliphatic rings. The Morgan fingerprint density at radius 1 is 1.55 bits per heavy atom. The molecule has 0 radical (unpaired) electrons. The normalized spacial score (nSPS) is 21.0. The lowest BCUT2D eigenvalue weighted by molar-refractivity contribution is 0.266. The molecule has 0 aromatic carbocycles. The summed E-state index contributed by atoms with van der Waals surface area (Å²) in [5.74, 6) is 0.212. The van der Waals surface area contributed by atoms with E-state index in [1.807, 2.05) is 0 Å². The van der Waals surface area contributed by atoms with Crippen LogP contribution < -0.4 is 10.9 Å². The molecule has 0 bridgehead atoms. The van der Waals surface area contributed by atoms with Crippen LogP contribution in [0.4, 0.5) is 5.69 Å². The van der Waals surface area contributed by atoms with Crippen molar-refractivity contribution in [3.8, 4) is 0 Å². The number of rotatable bonds is 5. The Labute approximate surface area is 121 Å². The number of hydrogen-bond acceptors (Lipinski definition) is 6. The lowest BCUT2D eigenvalue weighted by Gasteiger charge is -2.13. The van der Waals surface area contributed by atoms with Crippen LogP contribution in [0.1, 0.15) is 12.8 Å². The zero-order valence-corrected chi connectivity index (χ0v) is 12.3. The lowest BCUT2D eigenvalue weighted by Crippen LogP contribution is -2.28.